The number of benzene rings is 1. The van der Waals surface area contributed by atoms with Gasteiger partial charge in [0.05, 0.1) is 5.60 Å². The van der Waals surface area contributed by atoms with Crippen molar-refractivity contribution in [1.82, 2.24) is 5.32 Å². The topological polar surface area (TPSA) is 21.3 Å². The lowest BCUT2D eigenvalue weighted by molar-refractivity contribution is 0.0397. The van der Waals surface area contributed by atoms with Gasteiger partial charge in [0.15, 0.2) is 0 Å². The van der Waals surface area contributed by atoms with Crippen molar-refractivity contribution in [2.45, 2.75) is 32.9 Å². The molecule has 0 aliphatic heterocycles. The van der Waals surface area contributed by atoms with Gasteiger partial charge in [-0.15, -0.1) is 0 Å². The molecule has 0 radical (unpaired) electrons. The zero-order chi connectivity index (χ0) is 11.7. The molecule has 86 valence electrons. The van der Waals surface area contributed by atoms with Crippen molar-refractivity contribution >= 4 is 0 Å². The minimum Gasteiger partial charge on any atom is -0.379 e. The van der Waals surface area contributed by atoms with Crippen molar-refractivity contribution in [3.63, 3.8) is 0 Å². The molecule has 2 nitrogen and oxygen atoms in total. The average Bonchev–Trinajstić information content (AvgIpc) is 2.20. The van der Waals surface area contributed by atoms with E-state index in [1.54, 1.807) is 7.11 Å². The molecule has 1 aromatic carbocycles. The lowest BCUT2D eigenvalue weighted by atomic mass is 10.2. The first kappa shape index (κ1) is 14.1. The van der Waals surface area contributed by atoms with Gasteiger partial charge >= 0.3 is 0 Å². The molecule has 0 saturated heterocycles. The fraction of sp³-hybridized carbons (Fsp3) is 0.538. The van der Waals surface area contributed by atoms with Crippen LogP contribution in [-0.2, 0) is 11.3 Å². The predicted octanol–water partition coefficient (Wildman–Crippen LogP) is 2.84. The maximum Gasteiger partial charge on any atom is 0.0594 e. The van der Waals surface area contributed by atoms with Crippen LogP contribution in [0.4, 0.5) is 0 Å². The van der Waals surface area contributed by atoms with Crippen LogP contribution in [0.1, 0.15) is 26.3 Å². The van der Waals surface area contributed by atoms with E-state index in [4.69, 9.17) is 4.74 Å². The van der Waals surface area contributed by atoms with Crippen LogP contribution in [0.2, 0.25) is 0 Å². The minimum absolute atomic E-state index is 0.0417. The zero-order valence-electron chi connectivity index (χ0n) is 10.5. The summed E-state index contributed by atoms with van der Waals surface area (Å²) in [5.74, 6) is 0. The van der Waals surface area contributed by atoms with Gasteiger partial charge in [0.1, 0.15) is 0 Å². The Hall–Kier alpha value is -0.860. The molecule has 0 amide bonds. The van der Waals surface area contributed by atoms with Crippen LogP contribution in [0, 0.1) is 0 Å². The summed E-state index contributed by atoms with van der Waals surface area (Å²) in [6.07, 6.45) is 0. The van der Waals surface area contributed by atoms with Crippen LogP contribution in [0.3, 0.4) is 0 Å². The molecule has 0 aliphatic rings. The SMILES string of the molecule is CNCc1ccccc1.COC(C)(C)C. The van der Waals surface area contributed by atoms with Gasteiger partial charge in [-0.2, -0.15) is 0 Å². The summed E-state index contributed by atoms with van der Waals surface area (Å²) >= 11 is 0. The van der Waals surface area contributed by atoms with Crippen LogP contribution in [0.5, 0.6) is 0 Å². The average molecular weight is 209 g/mol. The highest BCUT2D eigenvalue weighted by molar-refractivity contribution is 5.13. The number of ether oxygens (including phenoxy) is 1. The monoisotopic (exact) mass is 209 g/mol. The van der Waals surface area contributed by atoms with Crippen molar-refractivity contribution in [2.24, 2.45) is 0 Å². The highest BCUT2D eigenvalue weighted by atomic mass is 16.5. The normalized spacial score (nSPS) is 10.5. The van der Waals surface area contributed by atoms with Gasteiger partial charge in [-0.3, -0.25) is 0 Å². The molecule has 0 heterocycles. The Kier molecular flexibility index (Phi) is 7.01. The Labute approximate surface area is 93.7 Å². The van der Waals surface area contributed by atoms with Crippen LogP contribution in [-0.4, -0.2) is 19.8 Å². The van der Waals surface area contributed by atoms with Crippen LogP contribution in [0.15, 0.2) is 30.3 Å². The van der Waals surface area contributed by atoms with Gasteiger partial charge in [-0.05, 0) is 33.4 Å². The highest BCUT2D eigenvalue weighted by Gasteiger charge is 2.03. The van der Waals surface area contributed by atoms with Crippen LogP contribution >= 0.6 is 0 Å². The smallest absolute Gasteiger partial charge is 0.0594 e. The molecule has 1 N–H and O–H groups in total. The quantitative estimate of drug-likeness (QED) is 0.808. The second-order valence-electron chi connectivity index (χ2n) is 4.33. The van der Waals surface area contributed by atoms with Crippen LogP contribution in [0.25, 0.3) is 0 Å². The van der Waals surface area contributed by atoms with E-state index in [1.165, 1.54) is 5.56 Å². The summed E-state index contributed by atoms with van der Waals surface area (Å²) in [4.78, 5) is 0. The summed E-state index contributed by atoms with van der Waals surface area (Å²) in [5, 5.41) is 3.08. The molecule has 1 rings (SSSR count). The molecule has 0 unspecified atom stereocenters. The molecular formula is C13H23NO. The van der Waals surface area contributed by atoms with Gasteiger partial charge in [0.2, 0.25) is 0 Å². The van der Waals surface area contributed by atoms with Gasteiger partial charge in [-0.25, -0.2) is 0 Å². The molecular weight excluding hydrogens is 186 g/mol. The first-order chi connectivity index (χ1) is 6.99. The second kappa shape index (κ2) is 7.43. The largest absolute Gasteiger partial charge is 0.379 e. The number of nitrogens with one attached hydrogen (secondary N) is 1. The molecule has 0 bridgehead atoms. The van der Waals surface area contributed by atoms with E-state index >= 15 is 0 Å². The first-order valence-electron chi connectivity index (χ1n) is 5.23. The van der Waals surface area contributed by atoms with Crippen molar-refractivity contribution in [3.05, 3.63) is 35.9 Å². The zero-order valence-corrected chi connectivity index (χ0v) is 10.5. The first-order valence-corrected chi connectivity index (χ1v) is 5.23. The summed E-state index contributed by atoms with van der Waals surface area (Å²) < 4.78 is 4.94. The molecule has 0 saturated carbocycles. The van der Waals surface area contributed by atoms with E-state index in [2.05, 4.69) is 17.4 Å². The summed E-state index contributed by atoms with van der Waals surface area (Å²) in [5.41, 5.74) is 1.38. The van der Waals surface area contributed by atoms with E-state index in [9.17, 15) is 0 Å². The molecule has 0 aliphatic carbocycles. The van der Waals surface area contributed by atoms with E-state index in [-0.39, 0.29) is 5.60 Å². The van der Waals surface area contributed by atoms with E-state index in [0.29, 0.717) is 0 Å². The van der Waals surface area contributed by atoms with Crippen molar-refractivity contribution in [1.29, 1.82) is 0 Å². The van der Waals surface area contributed by atoms with Crippen molar-refractivity contribution in [3.8, 4) is 0 Å². The molecule has 2 heteroatoms. The van der Waals surface area contributed by atoms with Crippen molar-refractivity contribution < 1.29 is 4.74 Å². The third-order valence-electron chi connectivity index (χ3n) is 1.84. The van der Waals surface area contributed by atoms with Gasteiger partial charge in [-0.1, -0.05) is 30.3 Å². The van der Waals surface area contributed by atoms with E-state index in [0.717, 1.165) is 6.54 Å². The fourth-order valence-corrected chi connectivity index (χ4v) is 0.800. The molecule has 0 aromatic heterocycles. The maximum absolute atomic E-state index is 4.94. The Morgan fingerprint density at radius 1 is 1.13 bits per heavy atom. The van der Waals surface area contributed by atoms with E-state index < -0.39 is 0 Å². The minimum atomic E-state index is 0.0417. The number of hydrogen-bond donors (Lipinski definition) is 1. The molecule has 0 spiro atoms. The van der Waals surface area contributed by atoms with Gasteiger partial charge < -0.3 is 10.1 Å². The molecule has 1 aromatic rings. The summed E-state index contributed by atoms with van der Waals surface area (Å²) in [6.45, 7) is 7.02. The predicted molar refractivity (Wildman–Crippen MR) is 66.0 cm³/mol. The number of hydrogen-bond acceptors (Lipinski definition) is 2. The second-order valence-corrected chi connectivity index (χ2v) is 4.33. The third kappa shape index (κ3) is 9.44. The Morgan fingerprint density at radius 3 is 1.93 bits per heavy atom. The lowest BCUT2D eigenvalue weighted by Gasteiger charge is -2.14. The summed E-state index contributed by atoms with van der Waals surface area (Å²) in [6, 6.07) is 10.3. The molecule has 15 heavy (non-hydrogen) atoms. The Balaban J connectivity index is 0.000000288. The van der Waals surface area contributed by atoms with E-state index in [1.807, 2.05) is 46.0 Å². The molecule has 0 atom stereocenters. The standard InChI is InChI=1S/C8H11N.C5H12O/c1-9-7-8-5-3-2-4-6-8;1-5(2,3)6-4/h2-6,9H,7H2,1H3;1-4H3. The van der Waals surface area contributed by atoms with Gasteiger partial charge in [0.25, 0.3) is 0 Å². The Bertz CT molecular complexity index is 238. The highest BCUT2D eigenvalue weighted by Crippen LogP contribution is 2.02. The lowest BCUT2D eigenvalue weighted by Crippen LogP contribution is -2.15. The number of methoxy groups -OCH3 is 1. The Morgan fingerprint density at radius 2 is 1.60 bits per heavy atom. The third-order valence-corrected chi connectivity index (χ3v) is 1.84. The van der Waals surface area contributed by atoms with Crippen molar-refractivity contribution in [2.75, 3.05) is 14.2 Å². The van der Waals surface area contributed by atoms with Gasteiger partial charge in [0, 0.05) is 13.7 Å². The number of rotatable bonds is 2. The molecule has 0 fully saturated rings. The fourth-order valence-electron chi connectivity index (χ4n) is 0.800. The maximum atomic E-state index is 4.94. The van der Waals surface area contributed by atoms with Crippen LogP contribution < -0.4 is 5.32 Å². The summed E-state index contributed by atoms with van der Waals surface area (Å²) in [7, 11) is 3.66.